The van der Waals surface area contributed by atoms with Crippen LogP contribution in [0.5, 0.6) is 17.2 Å². The summed E-state index contributed by atoms with van der Waals surface area (Å²) >= 11 is 1.83. The molecule has 0 radical (unpaired) electrons. The highest BCUT2D eigenvalue weighted by atomic mass is 32.2. The molecule has 1 unspecified atom stereocenters. The lowest BCUT2D eigenvalue weighted by molar-refractivity contribution is 0.347. The van der Waals surface area contributed by atoms with Gasteiger partial charge in [0.15, 0.2) is 11.5 Å². The van der Waals surface area contributed by atoms with Gasteiger partial charge in [-0.2, -0.15) is 11.8 Å². The molecule has 1 aromatic carbocycles. The lowest BCUT2D eigenvalue weighted by Gasteiger charge is -2.17. The predicted octanol–water partition coefficient (Wildman–Crippen LogP) is 2.55. The molecule has 0 spiro atoms. The van der Waals surface area contributed by atoms with Crippen LogP contribution in [0.25, 0.3) is 0 Å². The van der Waals surface area contributed by atoms with E-state index in [1.807, 2.05) is 23.9 Å². The highest BCUT2D eigenvalue weighted by Crippen LogP contribution is 2.34. The van der Waals surface area contributed by atoms with Crippen LogP contribution >= 0.6 is 11.8 Å². The minimum Gasteiger partial charge on any atom is -0.496 e. The monoisotopic (exact) mass is 285 g/mol. The molecule has 0 fully saturated rings. The lowest BCUT2D eigenvalue weighted by Crippen LogP contribution is -2.27. The van der Waals surface area contributed by atoms with Gasteiger partial charge in [0.1, 0.15) is 5.75 Å². The summed E-state index contributed by atoms with van der Waals surface area (Å²) in [5, 5.41) is 3.47. The number of ether oxygens (including phenoxy) is 3. The van der Waals surface area contributed by atoms with E-state index in [0.29, 0.717) is 11.8 Å². The van der Waals surface area contributed by atoms with Crippen LogP contribution in [-0.4, -0.2) is 39.4 Å². The molecule has 0 aliphatic rings. The van der Waals surface area contributed by atoms with E-state index in [2.05, 4.69) is 18.5 Å². The third-order valence-electron chi connectivity index (χ3n) is 2.84. The second kappa shape index (κ2) is 8.17. The zero-order valence-corrected chi connectivity index (χ0v) is 13.1. The Bertz CT molecular complexity index is 399. The first-order chi connectivity index (χ1) is 9.15. The molecule has 1 atom stereocenters. The Balaban J connectivity index is 2.86. The first-order valence-corrected chi connectivity index (χ1v) is 7.56. The van der Waals surface area contributed by atoms with Gasteiger partial charge in [0, 0.05) is 30.0 Å². The standard InChI is InChI=1S/C14H23NO3S/c1-10(9-19-5)15-8-11-6-13(17-3)14(18-4)7-12(11)16-2/h6-7,10,15H,8-9H2,1-5H3. The molecule has 0 aromatic heterocycles. The third-order valence-corrected chi connectivity index (χ3v) is 3.68. The molecule has 108 valence electrons. The molecule has 4 nitrogen and oxygen atoms in total. The van der Waals surface area contributed by atoms with Crippen molar-refractivity contribution in [3.05, 3.63) is 17.7 Å². The van der Waals surface area contributed by atoms with Gasteiger partial charge in [-0.15, -0.1) is 0 Å². The first-order valence-electron chi connectivity index (χ1n) is 6.17. The van der Waals surface area contributed by atoms with Crippen molar-refractivity contribution in [3.63, 3.8) is 0 Å². The molecule has 5 heteroatoms. The van der Waals surface area contributed by atoms with Gasteiger partial charge in [-0.05, 0) is 19.2 Å². The number of benzene rings is 1. The van der Waals surface area contributed by atoms with Gasteiger partial charge in [0.2, 0.25) is 0 Å². The van der Waals surface area contributed by atoms with E-state index in [4.69, 9.17) is 14.2 Å². The molecule has 1 rings (SSSR count). The normalized spacial score (nSPS) is 12.1. The van der Waals surface area contributed by atoms with Gasteiger partial charge in [-0.25, -0.2) is 0 Å². The molecule has 19 heavy (non-hydrogen) atoms. The van der Waals surface area contributed by atoms with Crippen LogP contribution < -0.4 is 19.5 Å². The van der Waals surface area contributed by atoms with E-state index in [-0.39, 0.29) is 0 Å². The average Bonchev–Trinajstić information content (AvgIpc) is 2.44. The summed E-state index contributed by atoms with van der Waals surface area (Å²) in [4.78, 5) is 0. The quantitative estimate of drug-likeness (QED) is 0.795. The molecule has 0 heterocycles. The summed E-state index contributed by atoms with van der Waals surface area (Å²) in [6.07, 6.45) is 2.11. The van der Waals surface area contributed by atoms with E-state index >= 15 is 0 Å². The summed E-state index contributed by atoms with van der Waals surface area (Å²) in [5.41, 5.74) is 1.06. The highest BCUT2D eigenvalue weighted by molar-refractivity contribution is 7.98. The van der Waals surface area contributed by atoms with Crippen molar-refractivity contribution in [2.75, 3.05) is 33.3 Å². The van der Waals surface area contributed by atoms with Crippen molar-refractivity contribution in [1.29, 1.82) is 0 Å². The number of methoxy groups -OCH3 is 3. The summed E-state index contributed by atoms with van der Waals surface area (Å²) < 4.78 is 16.0. The third kappa shape index (κ3) is 4.51. The van der Waals surface area contributed by atoms with Gasteiger partial charge in [-0.3, -0.25) is 0 Å². The van der Waals surface area contributed by atoms with Crippen LogP contribution in [0.3, 0.4) is 0 Å². The Morgan fingerprint density at radius 1 is 1.05 bits per heavy atom. The van der Waals surface area contributed by atoms with Gasteiger partial charge in [-0.1, -0.05) is 0 Å². The maximum atomic E-state index is 5.40. The largest absolute Gasteiger partial charge is 0.496 e. The van der Waals surface area contributed by atoms with Crippen LogP contribution in [-0.2, 0) is 6.54 Å². The Labute approximate surface area is 119 Å². The van der Waals surface area contributed by atoms with Crippen LogP contribution in [0.4, 0.5) is 0 Å². The van der Waals surface area contributed by atoms with E-state index in [9.17, 15) is 0 Å². The van der Waals surface area contributed by atoms with Crippen molar-refractivity contribution in [1.82, 2.24) is 5.32 Å². The molecule has 0 aliphatic carbocycles. The Morgan fingerprint density at radius 3 is 2.16 bits per heavy atom. The number of hydrogen-bond acceptors (Lipinski definition) is 5. The number of rotatable bonds is 8. The van der Waals surface area contributed by atoms with Gasteiger partial charge >= 0.3 is 0 Å². The van der Waals surface area contributed by atoms with E-state index in [1.165, 1.54) is 0 Å². The maximum absolute atomic E-state index is 5.40. The summed E-state index contributed by atoms with van der Waals surface area (Å²) in [7, 11) is 4.92. The molecule has 0 aliphatic heterocycles. The average molecular weight is 285 g/mol. The molecule has 0 bridgehead atoms. The van der Waals surface area contributed by atoms with Crippen LogP contribution in [0.2, 0.25) is 0 Å². The van der Waals surface area contributed by atoms with Crippen molar-refractivity contribution >= 4 is 11.8 Å². The molecule has 0 saturated heterocycles. The highest BCUT2D eigenvalue weighted by Gasteiger charge is 2.12. The molecular weight excluding hydrogens is 262 g/mol. The Hall–Kier alpha value is -1.07. The smallest absolute Gasteiger partial charge is 0.164 e. The van der Waals surface area contributed by atoms with E-state index < -0.39 is 0 Å². The summed E-state index contributed by atoms with van der Waals surface area (Å²) in [6, 6.07) is 4.26. The fourth-order valence-corrected chi connectivity index (χ4v) is 2.44. The summed E-state index contributed by atoms with van der Waals surface area (Å²) in [5.74, 6) is 3.29. The van der Waals surface area contributed by atoms with Crippen molar-refractivity contribution in [2.45, 2.75) is 19.5 Å². The minimum atomic E-state index is 0.452. The van der Waals surface area contributed by atoms with Gasteiger partial charge in [0.25, 0.3) is 0 Å². The molecule has 0 amide bonds. The Kier molecular flexibility index (Phi) is 6.87. The zero-order valence-electron chi connectivity index (χ0n) is 12.3. The molecular formula is C14H23NO3S. The van der Waals surface area contributed by atoms with Crippen LogP contribution in [0.1, 0.15) is 12.5 Å². The molecule has 0 saturated carbocycles. The second-order valence-electron chi connectivity index (χ2n) is 4.26. The zero-order chi connectivity index (χ0) is 14.3. The van der Waals surface area contributed by atoms with Crippen molar-refractivity contribution in [3.8, 4) is 17.2 Å². The van der Waals surface area contributed by atoms with Crippen LogP contribution in [0, 0.1) is 0 Å². The van der Waals surface area contributed by atoms with Crippen molar-refractivity contribution in [2.24, 2.45) is 0 Å². The SMILES string of the molecule is COc1cc(OC)c(OC)cc1CNC(C)CSC. The lowest BCUT2D eigenvalue weighted by atomic mass is 10.1. The van der Waals surface area contributed by atoms with E-state index in [1.54, 1.807) is 21.3 Å². The number of thioether (sulfide) groups is 1. The van der Waals surface area contributed by atoms with Gasteiger partial charge in [0.05, 0.1) is 21.3 Å². The van der Waals surface area contributed by atoms with Gasteiger partial charge < -0.3 is 19.5 Å². The first kappa shape index (κ1) is 16.0. The van der Waals surface area contributed by atoms with E-state index in [0.717, 1.165) is 29.4 Å². The van der Waals surface area contributed by atoms with Crippen LogP contribution in [0.15, 0.2) is 12.1 Å². The fourth-order valence-electron chi connectivity index (χ4n) is 1.82. The summed E-state index contributed by atoms with van der Waals surface area (Å²) in [6.45, 7) is 2.91. The fraction of sp³-hybridized carbons (Fsp3) is 0.571. The minimum absolute atomic E-state index is 0.452. The molecule has 1 aromatic rings. The number of nitrogens with one attached hydrogen (secondary N) is 1. The van der Waals surface area contributed by atoms with Crippen molar-refractivity contribution < 1.29 is 14.2 Å². The second-order valence-corrected chi connectivity index (χ2v) is 5.17. The number of hydrogen-bond donors (Lipinski definition) is 1. The Morgan fingerprint density at radius 2 is 1.63 bits per heavy atom. The molecule has 1 N–H and O–H groups in total. The topological polar surface area (TPSA) is 39.7 Å². The predicted molar refractivity (Wildman–Crippen MR) is 80.8 cm³/mol. The maximum Gasteiger partial charge on any atom is 0.164 e.